The number of rotatable bonds is 10. The van der Waals surface area contributed by atoms with E-state index in [4.69, 9.17) is 9.72 Å². The number of hydrogen-bond acceptors (Lipinski definition) is 7. The summed E-state index contributed by atoms with van der Waals surface area (Å²) in [4.78, 5) is 46.2. The van der Waals surface area contributed by atoms with Gasteiger partial charge >= 0.3 is 6.09 Å². The number of aromatic nitrogens is 4. The Labute approximate surface area is 347 Å². The largest absolute Gasteiger partial charge is 0.453 e. The van der Waals surface area contributed by atoms with Crippen molar-refractivity contribution < 1.29 is 14.3 Å². The Kier molecular flexibility index (Phi) is 16.5. The Bertz CT molecular complexity index is 1980. The Balaban J connectivity index is 0.00000203. The summed E-state index contributed by atoms with van der Waals surface area (Å²) in [6.07, 6.45) is 7.08. The van der Waals surface area contributed by atoms with E-state index in [1.54, 1.807) is 0 Å². The van der Waals surface area contributed by atoms with Crippen LogP contribution in [0.4, 0.5) is 16.2 Å². The Morgan fingerprint density at radius 2 is 1.47 bits per heavy atom. The number of imidazole rings is 2. The number of nitrogens with one attached hydrogen (secondary N) is 4. The number of benzene rings is 3. The van der Waals surface area contributed by atoms with Crippen LogP contribution >= 0.6 is 49.6 Å². The van der Waals surface area contributed by atoms with Crippen LogP contribution in [0.5, 0.6) is 0 Å². The van der Waals surface area contributed by atoms with Gasteiger partial charge in [0.25, 0.3) is 0 Å². The highest BCUT2D eigenvalue weighted by atomic mass is 35.5. The van der Waals surface area contributed by atoms with E-state index >= 15 is 0 Å². The fourth-order valence-corrected chi connectivity index (χ4v) is 7.26. The first-order valence-electron chi connectivity index (χ1n) is 17.8. The first kappa shape index (κ1) is 45.1. The third-order valence-electron chi connectivity index (χ3n) is 10.1. The van der Waals surface area contributed by atoms with Gasteiger partial charge in [0.05, 0.1) is 43.0 Å². The van der Waals surface area contributed by atoms with Crippen LogP contribution in [-0.2, 0) is 9.53 Å². The van der Waals surface area contributed by atoms with Crippen LogP contribution in [0, 0.1) is 5.92 Å². The zero-order valence-electron chi connectivity index (χ0n) is 31.3. The molecule has 0 bridgehead atoms. The van der Waals surface area contributed by atoms with Crippen LogP contribution in [0.1, 0.15) is 63.3 Å². The molecule has 0 radical (unpaired) electrons. The zero-order valence-corrected chi connectivity index (χ0v) is 34.5. The second-order valence-corrected chi connectivity index (χ2v) is 13.8. The van der Waals surface area contributed by atoms with Crippen LogP contribution < -0.4 is 15.5 Å². The number of methoxy groups -OCH3 is 1. The second-order valence-electron chi connectivity index (χ2n) is 13.8. The number of ether oxygens (including phenoxy) is 1. The van der Waals surface area contributed by atoms with Gasteiger partial charge in [0, 0.05) is 36.1 Å². The lowest BCUT2D eigenvalue weighted by Crippen LogP contribution is -2.51. The molecule has 4 heterocycles. The van der Waals surface area contributed by atoms with Crippen molar-refractivity contribution in [1.29, 1.82) is 0 Å². The van der Waals surface area contributed by atoms with Crippen molar-refractivity contribution in [3.8, 4) is 33.6 Å². The number of alkyl carbamates (subject to hydrolysis) is 1. The van der Waals surface area contributed by atoms with Gasteiger partial charge in [-0.25, -0.2) is 14.8 Å². The molecule has 5 aromatic rings. The molecule has 296 valence electrons. The molecule has 2 aliphatic rings. The summed E-state index contributed by atoms with van der Waals surface area (Å²) in [6, 6.07) is 24.8. The van der Waals surface area contributed by atoms with Gasteiger partial charge in [0.2, 0.25) is 5.91 Å². The molecule has 0 spiro atoms. The Morgan fingerprint density at radius 3 is 2.13 bits per heavy atom. The molecule has 0 saturated carbocycles. The molecule has 15 heteroatoms. The number of anilines is 2. The first-order valence-corrected chi connectivity index (χ1v) is 17.8. The molecule has 55 heavy (non-hydrogen) atoms. The van der Waals surface area contributed by atoms with Gasteiger partial charge < -0.3 is 35.1 Å². The molecule has 2 aromatic heterocycles. The third-order valence-corrected chi connectivity index (χ3v) is 10.1. The predicted octanol–water partition coefficient (Wildman–Crippen LogP) is 9.06. The summed E-state index contributed by atoms with van der Waals surface area (Å²) in [5, 5.41) is 6.24. The fourth-order valence-electron chi connectivity index (χ4n) is 7.26. The second kappa shape index (κ2) is 20.1. The maximum atomic E-state index is 13.7. The van der Waals surface area contributed by atoms with Gasteiger partial charge in [-0.3, -0.25) is 4.79 Å². The number of hydrogen-bond donors (Lipinski definition) is 4. The molecule has 2 fully saturated rings. The maximum absolute atomic E-state index is 13.7. The smallest absolute Gasteiger partial charge is 0.407 e. The van der Waals surface area contributed by atoms with Crippen LogP contribution in [0.15, 0.2) is 85.2 Å². The van der Waals surface area contributed by atoms with Crippen LogP contribution in [0.2, 0.25) is 0 Å². The van der Waals surface area contributed by atoms with E-state index in [-0.39, 0.29) is 67.5 Å². The van der Waals surface area contributed by atoms with Crippen molar-refractivity contribution in [3.63, 3.8) is 0 Å². The molecule has 0 unspecified atom stereocenters. The number of halogens is 4. The van der Waals surface area contributed by atoms with E-state index in [1.165, 1.54) is 13.5 Å². The molecule has 3 aromatic carbocycles. The van der Waals surface area contributed by atoms with E-state index in [9.17, 15) is 9.59 Å². The van der Waals surface area contributed by atoms with Crippen molar-refractivity contribution in [2.24, 2.45) is 5.92 Å². The lowest BCUT2D eigenvalue weighted by atomic mass is 9.98. The minimum atomic E-state index is -0.684. The van der Waals surface area contributed by atoms with Gasteiger partial charge in [0.15, 0.2) is 0 Å². The summed E-state index contributed by atoms with van der Waals surface area (Å²) in [5.74, 6) is 1.51. The number of aromatic amines is 2. The number of amides is 2. The molecule has 4 N–H and O–H groups in total. The molecule has 2 saturated heterocycles. The highest BCUT2D eigenvalue weighted by Crippen LogP contribution is 2.39. The summed E-state index contributed by atoms with van der Waals surface area (Å²) in [7, 11) is 3.39. The van der Waals surface area contributed by atoms with Gasteiger partial charge in [-0.2, -0.15) is 0 Å². The number of likely N-dealkylation sites (tertiary alicyclic amines) is 1. The molecule has 2 aliphatic heterocycles. The van der Waals surface area contributed by atoms with Crippen molar-refractivity contribution in [1.82, 2.24) is 35.5 Å². The standard InChI is InChI=1S/C40H46N8O3.4ClH/c1-25(2)36(46-40(50)51-4)39(49)48-21-9-13-34(48)38-43-24-33(45-38)28-18-19-30(35(22-28)47(3)29-10-6-5-7-11-29)26-14-16-27(17-15-26)32-23-42-37(44-32)31-12-8-20-41-31;;;;/h5-7,10-11,14-19,22-25,31,34,36,41H,8-9,12-13,20-21H2,1-4H3,(H,42,44)(H,43,45)(H,46,50);4*1H/t31-,34-,36-;;;;/m0..../s1. The van der Waals surface area contributed by atoms with Crippen molar-refractivity contribution in [3.05, 3.63) is 96.8 Å². The van der Waals surface area contributed by atoms with E-state index in [1.807, 2.05) is 49.3 Å². The number of para-hydroxylation sites is 1. The molecule has 11 nitrogen and oxygen atoms in total. The SMILES string of the molecule is COC(=O)N[C@H](C(=O)N1CCC[C@H]1c1ncc(-c2ccc(-c3ccc(-c4cnc([C@@H]5CCCN5)[nH]4)cc3)c(N(C)c3ccccc3)c2)[nH]1)C(C)C.Cl.Cl.Cl.Cl. The lowest BCUT2D eigenvalue weighted by Gasteiger charge is -2.30. The van der Waals surface area contributed by atoms with Crippen molar-refractivity contribution >= 4 is 73.0 Å². The molecular weight excluding hydrogens is 782 g/mol. The molecule has 3 atom stereocenters. The Morgan fingerprint density at radius 1 is 0.836 bits per heavy atom. The number of carbonyl (C=O) groups is 2. The monoisotopic (exact) mass is 830 g/mol. The predicted molar refractivity (Wildman–Crippen MR) is 228 cm³/mol. The number of carbonyl (C=O) groups excluding carboxylic acids is 2. The van der Waals surface area contributed by atoms with Gasteiger partial charge in [-0.15, -0.1) is 49.6 Å². The van der Waals surface area contributed by atoms with Crippen molar-refractivity contribution in [2.45, 2.75) is 57.7 Å². The highest BCUT2D eigenvalue weighted by Gasteiger charge is 2.37. The highest BCUT2D eigenvalue weighted by molar-refractivity contribution is 5.88. The van der Waals surface area contributed by atoms with E-state index in [0.717, 1.165) is 82.5 Å². The Hall–Kier alpha value is -4.26. The van der Waals surface area contributed by atoms with Gasteiger partial charge in [-0.05, 0) is 67.5 Å². The quantitative estimate of drug-likeness (QED) is 0.111. The molecule has 7 rings (SSSR count). The van der Waals surface area contributed by atoms with Crippen molar-refractivity contribution in [2.75, 3.05) is 32.1 Å². The zero-order chi connectivity index (χ0) is 35.5. The average Bonchev–Trinajstić information content (AvgIpc) is 4.00. The fraction of sp³-hybridized carbons (Fsp3) is 0.350. The summed E-state index contributed by atoms with van der Waals surface area (Å²) in [6.45, 7) is 5.47. The average molecular weight is 833 g/mol. The summed E-state index contributed by atoms with van der Waals surface area (Å²) < 4.78 is 4.79. The van der Waals surface area contributed by atoms with Gasteiger partial charge in [-0.1, -0.05) is 68.4 Å². The molecule has 2 amide bonds. The third kappa shape index (κ3) is 9.77. The van der Waals surface area contributed by atoms with Crippen LogP contribution in [0.25, 0.3) is 33.6 Å². The van der Waals surface area contributed by atoms with Crippen LogP contribution in [-0.4, -0.2) is 70.1 Å². The molecular formula is C40H50Cl4N8O3. The number of H-pyrrole nitrogens is 2. The topological polar surface area (TPSA) is 131 Å². The van der Waals surface area contributed by atoms with Gasteiger partial charge in [0.1, 0.15) is 17.7 Å². The minimum Gasteiger partial charge on any atom is -0.453 e. The van der Waals surface area contributed by atoms with E-state index in [2.05, 4.69) is 92.1 Å². The molecule has 0 aliphatic carbocycles. The minimum absolute atomic E-state index is 0. The maximum Gasteiger partial charge on any atom is 0.407 e. The van der Waals surface area contributed by atoms with Crippen LogP contribution in [0.3, 0.4) is 0 Å². The summed E-state index contributed by atoms with van der Waals surface area (Å²) in [5.41, 5.74) is 8.28. The summed E-state index contributed by atoms with van der Waals surface area (Å²) >= 11 is 0. The van der Waals surface area contributed by atoms with E-state index in [0.29, 0.717) is 12.6 Å². The number of nitrogens with zero attached hydrogens (tertiary/aromatic N) is 4. The normalized spacial score (nSPS) is 16.6. The lowest BCUT2D eigenvalue weighted by molar-refractivity contribution is -0.135. The first-order chi connectivity index (χ1) is 24.8. The van der Waals surface area contributed by atoms with E-state index < -0.39 is 12.1 Å².